The maximum absolute atomic E-state index is 12.7. The average Bonchev–Trinajstić information content (AvgIpc) is 3.05. The molecule has 0 aliphatic carbocycles. The average molecular weight is 420 g/mol. The second-order valence-corrected chi connectivity index (χ2v) is 7.95. The molecule has 0 fully saturated rings. The first kappa shape index (κ1) is 19.9. The predicted molar refractivity (Wildman–Crippen MR) is 117 cm³/mol. The molecule has 4 rings (SSSR count). The van der Waals surface area contributed by atoms with E-state index in [4.69, 9.17) is 0 Å². The molecule has 2 aromatic heterocycles. The SMILES string of the molecule is CCc1cccc(NC(=O)Cn2nc3c(Sc4cccc(C)c4)nccn3c2=O)c1. The van der Waals surface area contributed by atoms with Crippen LogP contribution in [0.4, 0.5) is 5.69 Å². The quantitative estimate of drug-likeness (QED) is 0.517. The fraction of sp³-hybridized carbons (Fsp3) is 0.182. The molecule has 2 heterocycles. The molecule has 0 aliphatic rings. The molecule has 0 saturated heterocycles. The Morgan fingerprint density at radius 2 is 2.00 bits per heavy atom. The van der Waals surface area contributed by atoms with Gasteiger partial charge in [-0.25, -0.2) is 18.9 Å². The molecule has 1 amide bonds. The van der Waals surface area contributed by atoms with Gasteiger partial charge >= 0.3 is 5.69 Å². The van der Waals surface area contributed by atoms with Gasteiger partial charge in [0.15, 0.2) is 5.65 Å². The standard InChI is InChI=1S/C22H21N5O2S/c1-3-16-7-5-8-17(13-16)24-19(28)14-27-22(29)26-11-10-23-21(20(26)25-27)30-18-9-4-6-15(2)12-18/h4-13H,3,14H2,1-2H3,(H,24,28). The van der Waals surface area contributed by atoms with Crippen LogP contribution < -0.4 is 11.0 Å². The number of nitrogens with zero attached hydrogens (tertiary/aromatic N) is 4. The van der Waals surface area contributed by atoms with Crippen LogP contribution in [0, 0.1) is 6.92 Å². The third-order valence-electron chi connectivity index (χ3n) is 4.59. The van der Waals surface area contributed by atoms with Crippen molar-refractivity contribution in [2.45, 2.75) is 36.7 Å². The summed E-state index contributed by atoms with van der Waals surface area (Å²) in [5.41, 5.74) is 3.01. The minimum absolute atomic E-state index is 0.175. The molecule has 152 valence electrons. The van der Waals surface area contributed by atoms with Crippen molar-refractivity contribution in [2.75, 3.05) is 5.32 Å². The summed E-state index contributed by atoms with van der Waals surface area (Å²) in [6.07, 6.45) is 4.00. The van der Waals surface area contributed by atoms with Crippen LogP contribution in [0.2, 0.25) is 0 Å². The molecule has 0 atom stereocenters. The second kappa shape index (κ2) is 8.54. The highest BCUT2D eigenvalue weighted by atomic mass is 32.2. The van der Waals surface area contributed by atoms with Gasteiger partial charge in [0.1, 0.15) is 11.6 Å². The van der Waals surface area contributed by atoms with Gasteiger partial charge in [-0.3, -0.25) is 4.79 Å². The molecule has 0 bridgehead atoms. The number of fused-ring (bicyclic) bond motifs is 1. The van der Waals surface area contributed by atoms with Gasteiger partial charge in [-0.15, -0.1) is 5.10 Å². The van der Waals surface area contributed by atoms with E-state index in [2.05, 4.69) is 22.3 Å². The van der Waals surface area contributed by atoms with E-state index < -0.39 is 0 Å². The van der Waals surface area contributed by atoms with Crippen molar-refractivity contribution in [3.05, 3.63) is 82.5 Å². The first-order chi connectivity index (χ1) is 14.5. The summed E-state index contributed by atoms with van der Waals surface area (Å²) in [7, 11) is 0. The lowest BCUT2D eigenvalue weighted by Crippen LogP contribution is -2.28. The van der Waals surface area contributed by atoms with E-state index in [1.807, 2.05) is 55.5 Å². The number of anilines is 1. The van der Waals surface area contributed by atoms with Crippen LogP contribution in [0.5, 0.6) is 0 Å². The summed E-state index contributed by atoms with van der Waals surface area (Å²) in [6, 6.07) is 15.7. The van der Waals surface area contributed by atoms with Crippen LogP contribution >= 0.6 is 11.8 Å². The summed E-state index contributed by atoms with van der Waals surface area (Å²) >= 11 is 1.43. The lowest BCUT2D eigenvalue weighted by Gasteiger charge is -2.06. The van der Waals surface area contributed by atoms with Gasteiger partial charge in [-0.2, -0.15) is 0 Å². The molecule has 8 heteroatoms. The lowest BCUT2D eigenvalue weighted by molar-refractivity contribution is -0.117. The van der Waals surface area contributed by atoms with E-state index in [9.17, 15) is 9.59 Å². The maximum Gasteiger partial charge on any atom is 0.350 e. The summed E-state index contributed by atoms with van der Waals surface area (Å²) in [5.74, 6) is -0.311. The van der Waals surface area contributed by atoms with Gasteiger partial charge in [0, 0.05) is 23.0 Å². The van der Waals surface area contributed by atoms with E-state index in [0.29, 0.717) is 16.4 Å². The highest BCUT2D eigenvalue weighted by Crippen LogP contribution is 2.28. The van der Waals surface area contributed by atoms with Gasteiger partial charge in [-0.05, 0) is 43.2 Å². The predicted octanol–water partition coefficient (Wildman–Crippen LogP) is 3.55. The third kappa shape index (κ3) is 4.28. The van der Waals surface area contributed by atoms with Crippen molar-refractivity contribution in [1.82, 2.24) is 19.2 Å². The number of hydrogen-bond acceptors (Lipinski definition) is 5. The van der Waals surface area contributed by atoms with Crippen LogP contribution in [0.15, 0.2) is 75.6 Å². The number of carbonyl (C=O) groups excluding carboxylic acids is 1. The molecule has 30 heavy (non-hydrogen) atoms. The number of aromatic nitrogens is 4. The third-order valence-corrected chi connectivity index (χ3v) is 5.56. The van der Waals surface area contributed by atoms with Crippen molar-refractivity contribution < 1.29 is 4.79 Å². The Hall–Kier alpha value is -3.39. The van der Waals surface area contributed by atoms with Gasteiger partial charge in [0.05, 0.1) is 0 Å². The largest absolute Gasteiger partial charge is 0.350 e. The topological polar surface area (TPSA) is 81.3 Å². The van der Waals surface area contributed by atoms with Crippen molar-refractivity contribution in [2.24, 2.45) is 0 Å². The Morgan fingerprint density at radius 1 is 1.17 bits per heavy atom. The first-order valence-electron chi connectivity index (χ1n) is 9.61. The Kier molecular flexibility index (Phi) is 5.67. The molecule has 1 N–H and O–H groups in total. The number of benzene rings is 2. The fourth-order valence-electron chi connectivity index (χ4n) is 3.10. The van der Waals surface area contributed by atoms with Crippen molar-refractivity contribution in [3.63, 3.8) is 0 Å². The van der Waals surface area contributed by atoms with Crippen molar-refractivity contribution >= 4 is 29.0 Å². The molecule has 2 aromatic carbocycles. The summed E-state index contributed by atoms with van der Waals surface area (Å²) < 4.78 is 2.58. The van der Waals surface area contributed by atoms with Crippen LogP contribution in [0.1, 0.15) is 18.1 Å². The van der Waals surface area contributed by atoms with Crippen LogP contribution in [-0.2, 0) is 17.8 Å². The zero-order valence-electron chi connectivity index (χ0n) is 16.7. The van der Waals surface area contributed by atoms with Crippen LogP contribution in [-0.4, -0.2) is 25.1 Å². The Bertz CT molecular complexity index is 1280. The highest BCUT2D eigenvalue weighted by molar-refractivity contribution is 7.99. The van der Waals surface area contributed by atoms with Gasteiger partial charge in [0.25, 0.3) is 0 Å². The van der Waals surface area contributed by atoms with Gasteiger partial charge < -0.3 is 5.32 Å². The minimum atomic E-state index is -0.379. The normalized spacial score (nSPS) is 11.0. The molecule has 0 spiro atoms. The second-order valence-electron chi connectivity index (χ2n) is 6.89. The molecule has 0 radical (unpaired) electrons. The Balaban J connectivity index is 1.58. The van der Waals surface area contributed by atoms with Gasteiger partial charge in [0.2, 0.25) is 5.91 Å². The smallest absolute Gasteiger partial charge is 0.324 e. The fourth-order valence-corrected chi connectivity index (χ4v) is 4.06. The van der Waals surface area contributed by atoms with Gasteiger partial charge in [-0.1, -0.05) is 48.5 Å². The molecular formula is C22H21N5O2S. The molecule has 4 aromatic rings. The van der Waals surface area contributed by atoms with E-state index in [-0.39, 0.29) is 18.1 Å². The monoisotopic (exact) mass is 419 g/mol. The summed E-state index contributed by atoms with van der Waals surface area (Å²) in [4.78, 5) is 30.6. The highest BCUT2D eigenvalue weighted by Gasteiger charge is 2.15. The van der Waals surface area contributed by atoms with Crippen LogP contribution in [0.3, 0.4) is 0 Å². The van der Waals surface area contributed by atoms with Crippen molar-refractivity contribution in [3.8, 4) is 0 Å². The Morgan fingerprint density at radius 3 is 2.80 bits per heavy atom. The van der Waals surface area contributed by atoms with Crippen LogP contribution in [0.25, 0.3) is 5.65 Å². The zero-order chi connectivity index (χ0) is 21.1. The van der Waals surface area contributed by atoms with E-state index in [1.165, 1.54) is 16.2 Å². The number of aryl methyl sites for hydroxylation is 2. The van der Waals surface area contributed by atoms with E-state index in [0.717, 1.165) is 27.1 Å². The first-order valence-corrected chi connectivity index (χ1v) is 10.4. The number of carbonyl (C=O) groups is 1. The molecular weight excluding hydrogens is 398 g/mol. The van der Waals surface area contributed by atoms with E-state index >= 15 is 0 Å². The minimum Gasteiger partial charge on any atom is -0.324 e. The molecule has 0 aliphatic heterocycles. The number of rotatable bonds is 6. The zero-order valence-corrected chi connectivity index (χ0v) is 17.5. The number of nitrogens with one attached hydrogen (secondary N) is 1. The lowest BCUT2D eigenvalue weighted by atomic mass is 10.1. The summed E-state index contributed by atoms with van der Waals surface area (Å²) in [5, 5.41) is 7.80. The number of hydrogen-bond donors (Lipinski definition) is 1. The molecule has 0 saturated carbocycles. The van der Waals surface area contributed by atoms with Crippen molar-refractivity contribution in [1.29, 1.82) is 0 Å². The number of amides is 1. The summed E-state index contributed by atoms with van der Waals surface area (Å²) in [6.45, 7) is 3.90. The van der Waals surface area contributed by atoms with E-state index in [1.54, 1.807) is 12.4 Å². The Labute approximate surface area is 177 Å². The molecule has 7 nitrogen and oxygen atoms in total. The molecule has 0 unspecified atom stereocenters. The maximum atomic E-state index is 12.7.